The van der Waals surface area contributed by atoms with Gasteiger partial charge in [-0.25, -0.2) is 14.1 Å². The van der Waals surface area contributed by atoms with E-state index in [4.69, 9.17) is 16.3 Å². The average Bonchev–Trinajstić information content (AvgIpc) is 3.54. The number of aliphatic hydroxyl groups excluding tert-OH is 1. The molecule has 1 aliphatic heterocycles. The third-order valence-corrected chi connectivity index (χ3v) is 7.00. The molecule has 1 amide bonds. The van der Waals surface area contributed by atoms with Crippen LogP contribution in [0.3, 0.4) is 0 Å². The summed E-state index contributed by atoms with van der Waals surface area (Å²) in [6.45, 7) is 3.40. The number of hydrogen-bond acceptors (Lipinski definition) is 6. The van der Waals surface area contributed by atoms with Crippen molar-refractivity contribution in [1.29, 1.82) is 0 Å². The number of fused-ring (bicyclic) bond motifs is 1. The predicted octanol–water partition coefficient (Wildman–Crippen LogP) is 4.47. The molecule has 5 rings (SSSR count). The van der Waals surface area contributed by atoms with Crippen molar-refractivity contribution in [3.63, 3.8) is 0 Å². The molecule has 1 aliphatic rings. The van der Waals surface area contributed by atoms with Crippen molar-refractivity contribution in [3.8, 4) is 11.1 Å². The molecule has 0 fully saturated rings. The van der Waals surface area contributed by atoms with Gasteiger partial charge in [-0.2, -0.15) is 5.10 Å². The average molecular weight is 539 g/mol. The van der Waals surface area contributed by atoms with Crippen LogP contribution in [0.1, 0.15) is 28.5 Å². The molecule has 9 nitrogen and oxygen atoms in total. The Morgan fingerprint density at radius 2 is 2.08 bits per heavy atom. The van der Waals surface area contributed by atoms with Gasteiger partial charge in [-0.15, -0.1) is 0 Å². The number of ether oxygens (including phenoxy) is 1. The number of amides is 1. The second-order valence-corrected chi connectivity index (χ2v) is 9.49. The van der Waals surface area contributed by atoms with Crippen LogP contribution in [0.2, 0.25) is 5.02 Å². The Morgan fingerprint density at radius 1 is 1.24 bits per heavy atom. The summed E-state index contributed by atoms with van der Waals surface area (Å²) in [5, 5.41) is 17.7. The van der Waals surface area contributed by atoms with Gasteiger partial charge in [0.05, 0.1) is 30.5 Å². The molecule has 0 spiro atoms. The summed E-state index contributed by atoms with van der Waals surface area (Å²) in [6, 6.07) is 9.42. The molecule has 38 heavy (non-hydrogen) atoms. The second kappa shape index (κ2) is 10.9. The van der Waals surface area contributed by atoms with E-state index in [1.54, 1.807) is 30.5 Å². The van der Waals surface area contributed by atoms with Gasteiger partial charge in [0.15, 0.2) is 0 Å². The minimum absolute atomic E-state index is 0.149. The molecule has 11 heteroatoms. The van der Waals surface area contributed by atoms with Crippen LogP contribution in [0.5, 0.6) is 0 Å². The molecule has 0 saturated carbocycles. The monoisotopic (exact) mass is 538 g/mol. The number of hydrogen-bond donors (Lipinski definition) is 2. The molecule has 0 bridgehead atoms. The summed E-state index contributed by atoms with van der Waals surface area (Å²) in [4.78, 5) is 19.8. The zero-order valence-corrected chi connectivity index (χ0v) is 21.8. The Labute approximate surface area is 224 Å². The SMILES string of the molecule is CCn1nccc1Nc1cc(-c2cc3n(c2)CC(COC)N(Cc2cc(F)ccc2CO)C3=O)c(Cl)cn1. The number of anilines is 2. The minimum Gasteiger partial charge on any atom is -0.392 e. The van der Waals surface area contributed by atoms with Gasteiger partial charge in [0, 0.05) is 56.3 Å². The van der Waals surface area contributed by atoms with Gasteiger partial charge in [-0.1, -0.05) is 17.7 Å². The standard InChI is InChI=1S/C27H28ClFN6O3/c1-3-35-26(6-7-31-35)32-25-10-22(23(28)11-30-25)19-9-24-27(37)34(21(16-38-2)14-33(24)12-19)13-18-8-20(29)5-4-17(18)15-36/h4-12,21,36H,3,13-16H2,1-2H3,(H,30,32). The molecule has 3 aromatic heterocycles. The van der Waals surface area contributed by atoms with E-state index in [-0.39, 0.29) is 25.1 Å². The number of rotatable bonds is 9. The van der Waals surface area contributed by atoms with Crippen molar-refractivity contribution in [1.82, 2.24) is 24.2 Å². The van der Waals surface area contributed by atoms with Gasteiger partial charge < -0.3 is 24.6 Å². The summed E-state index contributed by atoms with van der Waals surface area (Å²) in [5.41, 5.74) is 3.11. The van der Waals surface area contributed by atoms with Gasteiger partial charge in [0.2, 0.25) is 0 Å². The summed E-state index contributed by atoms with van der Waals surface area (Å²) >= 11 is 6.54. The maximum atomic E-state index is 14.0. The van der Waals surface area contributed by atoms with Crippen LogP contribution in [0, 0.1) is 5.82 Å². The molecule has 2 N–H and O–H groups in total. The number of methoxy groups -OCH3 is 1. The van der Waals surface area contributed by atoms with Crippen LogP contribution in [0.25, 0.3) is 11.1 Å². The highest BCUT2D eigenvalue weighted by molar-refractivity contribution is 6.33. The zero-order valence-electron chi connectivity index (χ0n) is 21.1. The van der Waals surface area contributed by atoms with E-state index in [1.807, 2.05) is 34.5 Å². The molecule has 1 aromatic carbocycles. The Morgan fingerprint density at radius 3 is 2.84 bits per heavy atom. The lowest BCUT2D eigenvalue weighted by atomic mass is 10.0. The third kappa shape index (κ3) is 5.02. The van der Waals surface area contributed by atoms with Crippen LogP contribution >= 0.6 is 11.6 Å². The maximum absolute atomic E-state index is 14.0. The lowest BCUT2D eigenvalue weighted by Gasteiger charge is -2.36. The van der Waals surface area contributed by atoms with Crippen molar-refractivity contribution in [2.24, 2.45) is 0 Å². The fourth-order valence-corrected chi connectivity index (χ4v) is 5.00. The number of pyridine rings is 1. The van der Waals surface area contributed by atoms with Crippen molar-refractivity contribution < 1.29 is 19.0 Å². The highest BCUT2D eigenvalue weighted by Gasteiger charge is 2.34. The predicted molar refractivity (Wildman–Crippen MR) is 142 cm³/mol. The van der Waals surface area contributed by atoms with Gasteiger partial charge in [-0.05, 0) is 42.3 Å². The van der Waals surface area contributed by atoms with Crippen molar-refractivity contribution in [2.45, 2.75) is 39.2 Å². The number of nitrogens with zero attached hydrogens (tertiary/aromatic N) is 5. The molecule has 198 valence electrons. The second-order valence-electron chi connectivity index (χ2n) is 9.09. The Bertz CT molecular complexity index is 1470. The van der Waals surface area contributed by atoms with E-state index in [2.05, 4.69) is 15.4 Å². The van der Waals surface area contributed by atoms with Crippen LogP contribution in [-0.2, 0) is 31.0 Å². The Balaban J connectivity index is 1.47. The molecule has 4 aromatic rings. The zero-order chi connectivity index (χ0) is 26.8. The first kappa shape index (κ1) is 25.9. The number of nitrogens with one attached hydrogen (secondary N) is 1. The first-order valence-corrected chi connectivity index (χ1v) is 12.6. The van der Waals surface area contributed by atoms with Crippen LogP contribution < -0.4 is 5.32 Å². The number of carbonyl (C=O) groups excluding carboxylic acids is 1. The molecule has 0 saturated heterocycles. The number of halogens is 2. The number of aromatic nitrogens is 4. The molecular formula is C27H28ClFN6O3. The van der Waals surface area contributed by atoms with E-state index < -0.39 is 5.82 Å². The topological polar surface area (TPSA) is 97.4 Å². The van der Waals surface area contributed by atoms with Crippen molar-refractivity contribution >= 4 is 29.1 Å². The summed E-state index contributed by atoms with van der Waals surface area (Å²) < 4.78 is 23.1. The van der Waals surface area contributed by atoms with Crippen LogP contribution in [0.15, 0.2) is 55.0 Å². The smallest absolute Gasteiger partial charge is 0.271 e. The number of benzene rings is 1. The largest absolute Gasteiger partial charge is 0.392 e. The lowest BCUT2D eigenvalue weighted by molar-refractivity contribution is 0.0386. The van der Waals surface area contributed by atoms with Crippen molar-refractivity contribution in [2.75, 3.05) is 19.0 Å². The van der Waals surface area contributed by atoms with Gasteiger partial charge in [0.25, 0.3) is 5.91 Å². The molecule has 0 radical (unpaired) electrons. The lowest BCUT2D eigenvalue weighted by Crippen LogP contribution is -2.49. The van der Waals surface area contributed by atoms with Crippen LogP contribution in [0.4, 0.5) is 16.0 Å². The van der Waals surface area contributed by atoms with Gasteiger partial charge in [-0.3, -0.25) is 4.79 Å². The number of aliphatic hydroxyl groups is 1. The fourth-order valence-electron chi connectivity index (χ4n) is 4.79. The quantitative estimate of drug-likeness (QED) is 0.326. The summed E-state index contributed by atoms with van der Waals surface area (Å²) in [5.74, 6) is 0.760. The third-order valence-electron chi connectivity index (χ3n) is 6.70. The van der Waals surface area contributed by atoms with Crippen LogP contribution in [-0.4, -0.2) is 55.0 Å². The molecule has 0 aliphatic carbocycles. The number of carbonyl (C=O) groups is 1. The normalized spacial score (nSPS) is 15.1. The highest BCUT2D eigenvalue weighted by atomic mass is 35.5. The van der Waals surface area contributed by atoms with E-state index in [0.717, 1.165) is 16.9 Å². The van der Waals surface area contributed by atoms with E-state index in [9.17, 15) is 14.3 Å². The Kier molecular flexibility index (Phi) is 7.46. The Hall–Kier alpha value is -3.73. The molecule has 4 heterocycles. The highest BCUT2D eigenvalue weighted by Crippen LogP contribution is 2.34. The maximum Gasteiger partial charge on any atom is 0.271 e. The molecule has 1 unspecified atom stereocenters. The van der Waals surface area contributed by atoms with Gasteiger partial charge in [0.1, 0.15) is 23.1 Å². The summed E-state index contributed by atoms with van der Waals surface area (Å²) in [6.07, 6.45) is 5.19. The first-order chi connectivity index (χ1) is 18.4. The van der Waals surface area contributed by atoms with Crippen molar-refractivity contribution in [3.05, 3.63) is 82.6 Å². The fraction of sp³-hybridized carbons (Fsp3) is 0.296. The minimum atomic E-state index is -0.422. The number of aryl methyl sites for hydroxylation is 1. The van der Waals surface area contributed by atoms with E-state index in [1.165, 1.54) is 18.2 Å². The first-order valence-electron chi connectivity index (χ1n) is 12.2. The van der Waals surface area contributed by atoms with E-state index in [0.29, 0.717) is 47.4 Å². The summed E-state index contributed by atoms with van der Waals surface area (Å²) in [7, 11) is 1.58. The molecule has 1 atom stereocenters. The van der Waals surface area contributed by atoms with Gasteiger partial charge >= 0.3 is 0 Å². The molecular weight excluding hydrogens is 511 g/mol. The van der Waals surface area contributed by atoms with E-state index >= 15 is 0 Å².